The number of hydrogen-bond acceptors (Lipinski definition) is 5. The van der Waals surface area contributed by atoms with Crippen molar-refractivity contribution in [2.75, 3.05) is 11.1 Å². The van der Waals surface area contributed by atoms with Gasteiger partial charge in [-0.2, -0.15) is 0 Å². The summed E-state index contributed by atoms with van der Waals surface area (Å²) in [6.07, 6.45) is 4.33. The van der Waals surface area contributed by atoms with Crippen molar-refractivity contribution < 1.29 is 14.0 Å². The van der Waals surface area contributed by atoms with Gasteiger partial charge in [0.1, 0.15) is 5.52 Å². The van der Waals surface area contributed by atoms with Gasteiger partial charge >= 0.3 is 0 Å². The molecule has 0 aliphatic heterocycles. The zero-order valence-corrected chi connectivity index (χ0v) is 16.1. The number of anilines is 1. The Balaban J connectivity index is 1.37. The molecule has 0 saturated heterocycles. The first kappa shape index (κ1) is 18.6. The number of rotatable bonds is 6. The molecule has 3 aromatic rings. The first-order chi connectivity index (χ1) is 13.7. The maximum Gasteiger partial charge on any atom is 0.257 e. The molecule has 1 aliphatic rings. The third kappa shape index (κ3) is 4.36. The number of hydrogen-bond donors (Lipinski definition) is 2. The lowest BCUT2D eigenvalue weighted by atomic mass is 10.1. The molecule has 0 spiro atoms. The Kier molecular flexibility index (Phi) is 5.62. The van der Waals surface area contributed by atoms with E-state index in [0.29, 0.717) is 22.1 Å². The smallest absolute Gasteiger partial charge is 0.257 e. The molecule has 6 nitrogen and oxygen atoms in total. The van der Waals surface area contributed by atoms with E-state index < -0.39 is 0 Å². The van der Waals surface area contributed by atoms with Crippen LogP contribution in [0.2, 0.25) is 0 Å². The zero-order valence-electron chi connectivity index (χ0n) is 15.3. The van der Waals surface area contributed by atoms with Crippen molar-refractivity contribution in [2.24, 2.45) is 0 Å². The minimum Gasteiger partial charge on any atom is -0.431 e. The van der Waals surface area contributed by atoms with E-state index in [1.165, 1.54) is 11.8 Å². The van der Waals surface area contributed by atoms with E-state index in [0.717, 1.165) is 31.2 Å². The molecule has 2 amide bonds. The molecule has 0 radical (unpaired) electrons. The van der Waals surface area contributed by atoms with E-state index in [1.807, 2.05) is 24.3 Å². The zero-order chi connectivity index (χ0) is 19.3. The third-order valence-electron chi connectivity index (χ3n) is 4.74. The number of carbonyl (C=O) groups excluding carboxylic acids is 2. The molecule has 1 aromatic heterocycles. The molecular weight excluding hydrogens is 374 g/mol. The maximum absolute atomic E-state index is 12.6. The summed E-state index contributed by atoms with van der Waals surface area (Å²) in [5.41, 5.74) is 2.45. The summed E-state index contributed by atoms with van der Waals surface area (Å²) in [6, 6.07) is 14.8. The second-order valence-electron chi connectivity index (χ2n) is 6.78. The molecule has 1 fully saturated rings. The average molecular weight is 395 g/mol. The van der Waals surface area contributed by atoms with Crippen LogP contribution in [-0.2, 0) is 4.79 Å². The second kappa shape index (κ2) is 8.48. The number of carbonyl (C=O) groups is 2. The number of aromatic nitrogens is 1. The van der Waals surface area contributed by atoms with Crippen molar-refractivity contribution >= 4 is 40.4 Å². The van der Waals surface area contributed by atoms with E-state index in [9.17, 15) is 9.59 Å². The number of amides is 2. The van der Waals surface area contributed by atoms with Crippen molar-refractivity contribution in [2.45, 2.75) is 36.9 Å². The van der Waals surface area contributed by atoms with Crippen LogP contribution in [0.15, 0.2) is 58.2 Å². The predicted octanol–water partition coefficient (Wildman–Crippen LogP) is 4.23. The molecule has 1 heterocycles. The van der Waals surface area contributed by atoms with Gasteiger partial charge in [0.15, 0.2) is 5.58 Å². The van der Waals surface area contributed by atoms with Crippen molar-refractivity contribution in [1.82, 2.24) is 10.3 Å². The van der Waals surface area contributed by atoms with E-state index in [4.69, 9.17) is 4.42 Å². The average Bonchev–Trinajstić information content (AvgIpc) is 3.36. The normalized spacial score (nSPS) is 14.3. The number of para-hydroxylation sites is 3. The summed E-state index contributed by atoms with van der Waals surface area (Å²) in [4.78, 5) is 29.3. The van der Waals surface area contributed by atoms with Gasteiger partial charge in [0.05, 0.1) is 17.0 Å². The van der Waals surface area contributed by atoms with Gasteiger partial charge in [-0.05, 0) is 37.1 Å². The Labute approximate surface area is 167 Å². The fourth-order valence-electron chi connectivity index (χ4n) is 3.35. The van der Waals surface area contributed by atoms with Gasteiger partial charge in [-0.1, -0.05) is 48.9 Å². The van der Waals surface area contributed by atoms with Crippen LogP contribution in [0.25, 0.3) is 11.1 Å². The van der Waals surface area contributed by atoms with Crippen LogP contribution in [0.1, 0.15) is 36.0 Å². The van der Waals surface area contributed by atoms with Crippen LogP contribution in [0.4, 0.5) is 5.69 Å². The largest absolute Gasteiger partial charge is 0.431 e. The van der Waals surface area contributed by atoms with E-state index in [-0.39, 0.29) is 23.6 Å². The quantitative estimate of drug-likeness (QED) is 0.610. The van der Waals surface area contributed by atoms with E-state index in [2.05, 4.69) is 15.6 Å². The van der Waals surface area contributed by atoms with Crippen molar-refractivity contribution in [3.63, 3.8) is 0 Å². The summed E-state index contributed by atoms with van der Waals surface area (Å²) in [6.45, 7) is 0. The fourth-order valence-corrected chi connectivity index (χ4v) is 3.99. The molecule has 0 bridgehead atoms. The molecule has 0 atom stereocenters. The number of oxazole rings is 1. The molecule has 144 valence electrons. The Bertz CT molecular complexity index is 962. The van der Waals surface area contributed by atoms with Crippen molar-refractivity contribution in [3.05, 3.63) is 54.1 Å². The number of nitrogens with one attached hydrogen (secondary N) is 2. The van der Waals surface area contributed by atoms with Gasteiger partial charge in [0, 0.05) is 6.04 Å². The van der Waals surface area contributed by atoms with Gasteiger partial charge < -0.3 is 15.1 Å². The van der Waals surface area contributed by atoms with E-state index in [1.54, 1.807) is 24.3 Å². The van der Waals surface area contributed by atoms with Crippen LogP contribution in [-0.4, -0.2) is 28.6 Å². The lowest BCUT2D eigenvalue weighted by Crippen LogP contribution is -2.33. The van der Waals surface area contributed by atoms with Crippen molar-refractivity contribution in [1.29, 1.82) is 0 Å². The van der Waals surface area contributed by atoms with Gasteiger partial charge in [-0.25, -0.2) is 4.98 Å². The molecule has 2 N–H and O–H groups in total. The first-order valence-corrected chi connectivity index (χ1v) is 10.4. The van der Waals surface area contributed by atoms with Gasteiger partial charge in [0.2, 0.25) is 5.91 Å². The van der Waals surface area contributed by atoms with Gasteiger partial charge in [0.25, 0.3) is 11.1 Å². The number of nitrogens with zero attached hydrogens (tertiary/aromatic N) is 1. The number of thioether (sulfide) groups is 1. The van der Waals surface area contributed by atoms with Crippen LogP contribution >= 0.6 is 11.8 Å². The Morgan fingerprint density at radius 2 is 1.82 bits per heavy atom. The van der Waals surface area contributed by atoms with Crippen LogP contribution < -0.4 is 10.6 Å². The molecular formula is C21H21N3O3S. The highest BCUT2D eigenvalue weighted by atomic mass is 32.2. The fraction of sp³-hybridized carbons (Fsp3) is 0.286. The topological polar surface area (TPSA) is 84.2 Å². The minimum absolute atomic E-state index is 0.144. The number of fused-ring (bicyclic) bond motifs is 1. The van der Waals surface area contributed by atoms with E-state index >= 15 is 0 Å². The molecule has 7 heteroatoms. The lowest BCUT2D eigenvalue weighted by Gasteiger charge is -2.14. The summed E-state index contributed by atoms with van der Waals surface area (Å²) >= 11 is 1.22. The standard InChI is InChI=1S/C21H21N3O3S/c25-19(13-28-21-24-17-11-5-6-12-18(17)27-21)23-16-10-4-3-9-15(16)20(26)22-14-7-1-2-8-14/h3-6,9-12,14H,1-2,7-8,13H2,(H,22,26)(H,23,25). The molecule has 4 rings (SSSR count). The highest BCUT2D eigenvalue weighted by Crippen LogP contribution is 2.24. The monoisotopic (exact) mass is 395 g/mol. The van der Waals surface area contributed by atoms with Crippen LogP contribution in [0, 0.1) is 0 Å². The Hall–Kier alpha value is -2.80. The molecule has 28 heavy (non-hydrogen) atoms. The van der Waals surface area contributed by atoms with Gasteiger partial charge in [-0.3, -0.25) is 9.59 Å². The highest BCUT2D eigenvalue weighted by Gasteiger charge is 2.20. The molecule has 0 unspecified atom stereocenters. The first-order valence-electron chi connectivity index (χ1n) is 9.37. The lowest BCUT2D eigenvalue weighted by molar-refractivity contribution is -0.113. The minimum atomic E-state index is -0.214. The highest BCUT2D eigenvalue weighted by molar-refractivity contribution is 7.99. The van der Waals surface area contributed by atoms with Crippen LogP contribution in [0.3, 0.4) is 0 Å². The SMILES string of the molecule is O=C(CSc1nc2ccccc2o1)Nc1ccccc1C(=O)NC1CCCC1. The summed E-state index contributed by atoms with van der Waals surface area (Å²) in [7, 11) is 0. The van der Waals surface area contributed by atoms with Crippen molar-refractivity contribution in [3.8, 4) is 0 Å². The Morgan fingerprint density at radius 1 is 1.07 bits per heavy atom. The predicted molar refractivity (Wildman–Crippen MR) is 110 cm³/mol. The maximum atomic E-state index is 12.6. The van der Waals surface area contributed by atoms with Crippen LogP contribution in [0.5, 0.6) is 0 Å². The molecule has 1 aliphatic carbocycles. The molecule has 1 saturated carbocycles. The summed E-state index contributed by atoms with van der Waals surface area (Å²) in [5, 5.41) is 6.34. The second-order valence-corrected chi connectivity index (χ2v) is 7.71. The Morgan fingerprint density at radius 3 is 2.64 bits per heavy atom. The third-order valence-corrected chi connectivity index (χ3v) is 5.57. The summed E-state index contributed by atoms with van der Waals surface area (Å²) in [5.74, 6) is -0.214. The molecule has 2 aromatic carbocycles. The number of benzene rings is 2. The van der Waals surface area contributed by atoms with Gasteiger partial charge in [-0.15, -0.1) is 0 Å². The summed E-state index contributed by atoms with van der Waals surface area (Å²) < 4.78 is 5.61.